The number of para-hydroxylation sites is 1. The van der Waals surface area contributed by atoms with Crippen LogP contribution in [0.5, 0.6) is 5.75 Å². The molecule has 2 rings (SSSR count). The molecule has 150 valence electrons. The van der Waals surface area contributed by atoms with Gasteiger partial charge >= 0.3 is 12.1 Å². The molecule has 0 spiro atoms. The van der Waals surface area contributed by atoms with Gasteiger partial charge in [-0.3, -0.25) is 4.79 Å². The minimum atomic E-state index is -4.61. The fourth-order valence-electron chi connectivity index (χ4n) is 2.11. The molecule has 0 bridgehead atoms. The summed E-state index contributed by atoms with van der Waals surface area (Å²) in [6, 6.07) is 7.80. The molecule has 0 saturated carbocycles. The molecule has 0 aliphatic carbocycles. The summed E-state index contributed by atoms with van der Waals surface area (Å²) in [6.07, 6.45) is -3.36. The number of carbonyl (C=O) groups excluding carboxylic acids is 2. The van der Waals surface area contributed by atoms with Crippen LogP contribution in [0.1, 0.15) is 18.1 Å². The van der Waals surface area contributed by atoms with E-state index in [2.05, 4.69) is 10.3 Å². The van der Waals surface area contributed by atoms with Crippen LogP contribution in [0.4, 0.5) is 19.0 Å². The fourth-order valence-corrected chi connectivity index (χ4v) is 2.33. The maximum absolute atomic E-state index is 12.6. The Morgan fingerprint density at radius 2 is 1.93 bits per heavy atom. The number of hydrogen-bond donors (Lipinski definition) is 1. The normalized spacial score (nSPS) is 11.0. The van der Waals surface area contributed by atoms with E-state index >= 15 is 0 Å². The second-order valence-corrected chi connectivity index (χ2v) is 5.92. The van der Waals surface area contributed by atoms with E-state index in [4.69, 9.17) is 21.1 Å². The van der Waals surface area contributed by atoms with E-state index in [0.717, 1.165) is 5.56 Å². The average Bonchev–Trinajstić information content (AvgIpc) is 2.65. The van der Waals surface area contributed by atoms with E-state index < -0.39 is 41.9 Å². The van der Waals surface area contributed by atoms with Crippen molar-refractivity contribution < 1.29 is 32.2 Å². The Morgan fingerprint density at radius 1 is 1.21 bits per heavy atom. The van der Waals surface area contributed by atoms with Gasteiger partial charge in [0.25, 0.3) is 5.91 Å². The minimum Gasteiger partial charge on any atom is -0.482 e. The number of benzene rings is 1. The lowest BCUT2D eigenvalue weighted by Crippen LogP contribution is -2.24. The zero-order valence-electron chi connectivity index (χ0n) is 14.7. The van der Waals surface area contributed by atoms with E-state index in [1.807, 2.05) is 19.1 Å². The highest BCUT2D eigenvalue weighted by atomic mass is 35.5. The first-order chi connectivity index (χ1) is 13.2. The lowest BCUT2D eigenvalue weighted by atomic mass is 10.1. The first-order valence-electron chi connectivity index (χ1n) is 8.09. The highest BCUT2D eigenvalue weighted by Gasteiger charge is 2.31. The minimum absolute atomic E-state index is 0.274. The van der Waals surface area contributed by atoms with Gasteiger partial charge in [-0.15, -0.1) is 0 Å². The highest BCUT2D eigenvalue weighted by Crippen LogP contribution is 2.32. The number of halogens is 4. The van der Waals surface area contributed by atoms with Crippen LogP contribution < -0.4 is 10.1 Å². The number of nitrogens with zero attached hydrogens (tertiary/aromatic N) is 1. The molecule has 10 heteroatoms. The Bertz CT molecular complexity index is 859. The number of alkyl halides is 3. The van der Waals surface area contributed by atoms with E-state index in [1.54, 1.807) is 12.1 Å². The largest absolute Gasteiger partial charge is 0.482 e. The quantitative estimate of drug-likeness (QED) is 0.693. The molecule has 0 atom stereocenters. The summed E-state index contributed by atoms with van der Waals surface area (Å²) in [5.41, 5.74) is -0.137. The Hall–Kier alpha value is -2.81. The molecule has 1 aromatic heterocycles. The second kappa shape index (κ2) is 9.41. The number of amides is 1. The van der Waals surface area contributed by atoms with Gasteiger partial charge in [0.1, 0.15) is 5.75 Å². The van der Waals surface area contributed by atoms with Gasteiger partial charge in [0, 0.05) is 6.20 Å². The zero-order valence-corrected chi connectivity index (χ0v) is 15.4. The van der Waals surface area contributed by atoms with Gasteiger partial charge in [-0.25, -0.2) is 9.78 Å². The van der Waals surface area contributed by atoms with Crippen LogP contribution in [0.2, 0.25) is 5.02 Å². The number of ether oxygens (including phenoxy) is 2. The molecule has 6 nitrogen and oxygen atoms in total. The fraction of sp³-hybridized carbons (Fsp3) is 0.278. The summed E-state index contributed by atoms with van der Waals surface area (Å²) in [7, 11) is 0. The van der Waals surface area contributed by atoms with Gasteiger partial charge in [-0.05, 0) is 24.1 Å². The lowest BCUT2D eigenvalue weighted by Gasteiger charge is -2.11. The Balaban J connectivity index is 1.83. The molecule has 1 N–H and O–H groups in total. The van der Waals surface area contributed by atoms with Crippen molar-refractivity contribution in [1.82, 2.24) is 4.98 Å². The number of nitrogens with one attached hydrogen (secondary N) is 1. The summed E-state index contributed by atoms with van der Waals surface area (Å²) in [4.78, 5) is 26.9. The number of carbonyl (C=O) groups is 2. The van der Waals surface area contributed by atoms with Crippen molar-refractivity contribution in [2.24, 2.45) is 0 Å². The smallest absolute Gasteiger partial charge is 0.417 e. The molecular weight excluding hydrogens is 401 g/mol. The van der Waals surface area contributed by atoms with Crippen LogP contribution in [-0.2, 0) is 26.9 Å². The maximum Gasteiger partial charge on any atom is 0.417 e. The topological polar surface area (TPSA) is 77.5 Å². The van der Waals surface area contributed by atoms with Crippen LogP contribution in [0, 0.1) is 0 Å². The van der Waals surface area contributed by atoms with Gasteiger partial charge in [0.05, 0.1) is 10.6 Å². The number of aryl methyl sites for hydroxylation is 1. The van der Waals surface area contributed by atoms with Crippen molar-refractivity contribution >= 4 is 29.3 Å². The monoisotopic (exact) mass is 416 g/mol. The van der Waals surface area contributed by atoms with Gasteiger partial charge in [0.2, 0.25) is 0 Å². The first-order valence-corrected chi connectivity index (χ1v) is 8.47. The van der Waals surface area contributed by atoms with Gasteiger partial charge < -0.3 is 14.8 Å². The predicted octanol–water partition coefficient (Wildman–Crippen LogP) is 3.88. The Labute approximate surface area is 163 Å². The third-order valence-corrected chi connectivity index (χ3v) is 3.78. The highest BCUT2D eigenvalue weighted by molar-refractivity contribution is 6.33. The summed E-state index contributed by atoms with van der Waals surface area (Å²) in [5.74, 6) is -1.33. The average molecular weight is 417 g/mol. The summed E-state index contributed by atoms with van der Waals surface area (Å²) in [6.45, 7) is 0.867. The van der Waals surface area contributed by atoms with Crippen LogP contribution in [0.15, 0.2) is 36.5 Å². The van der Waals surface area contributed by atoms with E-state index in [0.29, 0.717) is 24.4 Å². The van der Waals surface area contributed by atoms with Crippen LogP contribution in [0.3, 0.4) is 0 Å². The van der Waals surface area contributed by atoms with Crippen molar-refractivity contribution in [3.05, 3.63) is 52.7 Å². The number of anilines is 1. The predicted molar refractivity (Wildman–Crippen MR) is 95.2 cm³/mol. The van der Waals surface area contributed by atoms with E-state index in [9.17, 15) is 22.8 Å². The van der Waals surface area contributed by atoms with Crippen molar-refractivity contribution in [3.8, 4) is 5.75 Å². The number of hydrogen-bond acceptors (Lipinski definition) is 5. The van der Waals surface area contributed by atoms with Crippen LogP contribution in [-0.4, -0.2) is 30.1 Å². The third kappa shape index (κ3) is 6.12. The van der Waals surface area contributed by atoms with Crippen molar-refractivity contribution in [1.29, 1.82) is 0 Å². The number of aromatic nitrogens is 1. The molecule has 1 aromatic carbocycles. The zero-order chi connectivity index (χ0) is 20.7. The van der Waals surface area contributed by atoms with E-state index in [-0.39, 0.29) is 5.82 Å². The summed E-state index contributed by atoms with van der Waals surface area (Å²) < 4.78 is 47.8. The molecule has 1 heterocycles. The standard InChI is InChI=1S/C18H16ClF3N2O4/c1-2-11-5-3-4-6-14(11)27-10-16(26)28-9-15(25)24-17-13(19)7-12(8-23-17)18(20,21)22/h3-8H,2,9-10H2,1H3,(H,23,24,25). The lowest BCUT2D eigenvalue weighted by molar-refractivity contribution is -0.149. The Morgan fingerprint density at radius 3 is 2.57 bits per heavy atom. The van der Waals surface area contributed by atoms with Gasteiger partial charge in [-0.2, -0.15) is 13.2 Å². The molecule has 1 amide bonds. The van der Waals surface area contributed by atoms with Crippen LogP contribution in [0.25, 0.3) is 0 Å². The maximum atomic E-state index is 12.6. The first kappa shape index (κ1) is 21.5. The van der Waals surface area contributed by atoms with Crippen molar-refractivity contribution in [2.45, 2.75) is 19.5 Å². The molecule has 0 unspecified atom stereocenters. The molecular formula is C18H16ClF3N2O4. The number of pyridine rings is 1. The number of esters is 1. The Kier molecular flexibility index (Phi) is 7.22. The summed E-state index contributed by atoms with van der Waals surface area (Å²) >= 11 is 5.68. The summed E-state index contributed by atoms with van der Waals surface area (Å²) in [5, 5.41) is 1.77. The van der Waals surface area contributed by atoms with Gasteiger partial charge in [0.15, 0.2) is 19.0 Å². The second-order valence-electron chi connectivity index (χ2n) is 5.51. The molecule has 28 heavy (non-hydrogen) atoms. The molecule has 0 aliphatic rings. The van der Waals surface area contributed by atoms with Crippen molar-refractivity contribution in [3.63, 3.8) is 0 Å². The van der Waals surface area contributed by atoms with E-state index in [1.165, 1.54) is 0 Å². The third-order valence-electron chi connectivity index (χ3n) is 3.49. The SMILES string of the molecule is CCc1ccccc1OCC(=O)OCC(=O)Nc1ncc(C(F)(F)F)cc1Cl. The molecule has 0 saturated heterocycles. The molecule has 0 fully saturated rings. The van der Waals surface area contributed by atoms with Gasteiger partial charge in [-0.1, -0.05) is 36.7 Å². The number of rotatable bonds is 7. The van der Waals surface area contributed by atoms with Crippen LogP contribution >= 0.6 is 11.6 Å². The molecule has 2 aromatic rings. The van der Waals surface area contributed by atoms with Crippen molar-refractivity contribution in [2.75, 3.05) is 18.5 Å². The molecule has 0 radical (unpaired) electrons. The molecule has 0 aliphatic heterocycles.